The quantitative estimate of drug-likeness (QED) is 0.290. The van der Waals surface area contributed by atoms with Gasteiger partial charge in [-0.05, 0) is 37.5 Å². The summed E-state index contributed by atoms with van der Waals surface area (Å²) in [4.78, 5) is 41.5. The van der Waals surface area contributed by atoms with E-state index in [1.165, 1.54) is 0 Å². The lowest BCUT2D eigenvalue weighted by Crippen LogP contribution is -2.39. The highest BCUT2D eigenvalue weighted by atomic mass is 16.5. The van der Waals surface area contributed by atoms with Gasteiger partial charge in [0.15, 0.2) is 12.8 Å². The summed E-state index contributed by atoms with van der Waals surface area (Å²) >= 11 is 0. The molecule has 4 N–H and O–H groups in total. The summed E-state index contributed by atoms with van der Waals surface area (Å²) < 4.78 is 7.75. The normalized spacial score (nSPS) is 25.0. The van der Waals surface area contributed by atoms with Crippen LogP contribution in [0.3, 0.4) is 0 Å². The topological polar surface area (TPSA) is 143 Å². The maximum Gasteiger partial charge on any atom is 0.386 e. The number of ether oxygens (including phenoxy) is 1. The van der Waals surface area contributed by atoms with Gasteiger partial charge in [0.1, 0.15) is 11.7 Å². The lowest BCUT2D eigenvalue weighted by Gasteiger charge is -2.34. The van der Waals surface area contributed by atoms with Crippen molar-refractivity contribution in [1.29, 1.82) is 0 Å². The fourth-order valence-corrected chi connectivity index (χ4v) is 5.52. The maximum absolute atomic E-state index is 12.4. The molecule has 3 atom stereocenters. The zero-order valence-electron chi connectivity index (χ0n) is 23.7. The first-order valence-corrected chi connectivity index (χ1v) is 14.4. The van der Waals surface area contributed by atoms with Gasteiger partial charge in [0.05, 0.1) is 31.3 Å². The fourth-order valence-electron chi connectivity index (χ4n) is 5.52. The number of nitrogens with two attached hydrogens (primary N) is 2. The van der Waals surface area contributed by atoms with Crippen molar-refractivity contribution in [3.63, 3.8) is 0 Å². The van der Waals surface area contributed by atoms with E-state index in [0.717, 1.165) is 51.0 Å². The van der Waals surface area contributed by atoms with Crippen molar-refractivity contribution < 1.29 is 18.9 Å². The Morgan fingerprint density at radius 1 is 1.21 bits per heavy atom. The van der Waals surface area contributed by atoms with Gasteiger partial charge >= 0.3 is 11.9 Å². The zero-order valence-corrected chi connectivity index (χ0v) is 23.7. The number of likely N-dealkylation sites (tertiary alicyclic amines) is 1. The van der Waals surface area contributed by atoms with Crippen molar-refractivity contribution in [3.05, 3.63) is 12.4 Å². The van der Waals surface area contributed by atoms with E-state index in [4.69, 9.17) is 16.2 Å². The molecule has 0 saturated carbocycles. The highest BCUT2D eigenvalue weighted by Crippen LogP contribution is 2.28. The number of aromatic nitrogens is 2. The second-order valence-electron chi connectivity index (χ2n) is 11.6. The van der Waals surface area contributed by atoms with Gasteiger partial charge in [0.2, 0.25) is 5.88 Å². The molecular formula is C28H45N8O3+. The van der Waals surface area contributed by atoms with Crippen LogP contribution in [-0.2, 0) is 4.79 Å². The lowest BCUT2D eigenvalue weighted by molar-refractivity contribution is -0.454. The third-order valence-electron chi connectivity index (χ3n) is 8.34. The first kappa shape index (κ1) is 28.9. The number of aliphatic imine (C=N–C) groups is 1. The molecule has 11 heteroatoms. The number of nitrogens with zero attached hydrogens (tertiary/aromatic N) is 6. The van der Waals surface area contributed by atoms with Gasteiger partial charge in [-0.1, -0.05) is 20.8 Å². The summed E-state index contributed by atoms with van der Waals surface area (Å²) in [6, 6.07) is -0.269. The number of amidine groups is 1. The molecule has 3 fully saturated rings. The van der Waals surface area contributed by atoms with Crippen LogP contribution in [0.2, 0.25) is 0 Å². The molecule has 4 rings (SSSR count). The van der Waals surface area contributed by atoms with E-state index in [1.807, 2.05) is 24.6 Å². The predicted octanol–water partition coefficient (Wildman–Crippen LogP) is 2.28. The van der Waals surface area contributed by atoms with E-state index in [0.29, 0.717) is 56.2 Å². The summed E-state index contributed by atoms with van der Waals surface area (Å²) in [7, 11) is 0. The van der Waals surface area contributed by atoms with E-state index in [1.54, 1.807) is 17.3 Å². The molecule has 4 heterocycles. The van der Waals surface area contributed by atoms with Crippen molar-refractivity contribution >= 4 is 29.8 Å². The molecule has 3 aliphatic heterocycles. The Labute approximate surface area is 231 Å². The second kappa shape index (κ2) is 13.3. The minimum Gasteiger partial charge on any atom is -0.477 e. The number of carbonyl (C=O) groups is 2. The van der Waals surface area contributed by atoms with E-state index in [2.05, 4.69) is 26.8 Å². The standard InChI is InChI=1S/C28H44N8O3/c1-19(2)27(30)33-28(38)34-11-7-21(8-12-34)20(3)9-13-39-25-15-31-24(14-32-25)36-17-22(23(29)18-36)16-35-10-5-4-6-26(35)37/h14-16,19-23H,4-13,17-18,29H2,1-3H3,(H-,30,33,38)/p+1. The van der Waals surface area contributed by atoms with Gasteiger partial charge in [-0.2, -0.15) is 9.57 Å². The van der Waals surface area contributed by atoms with Crippen LogP contribution in [0.4, 0.5) is 10.6 Å². The number of rotatable bonds is 8. The van der Waals surface area contributed by atoms with Gasteiger partial charge in [-0.15, -0.1) is 0 Å². The van der Waals surface area contributed by atoms with Crippen LogP contribution in [0.25, 0.3) is 0 Å². The van der Waals surface area contributed by atoms with Gasteiger partial charge in [0, 0.05) is 44.6 Å². The number of amides is 3. The Hall–Kier alpha value is -3.08. The minimum absolute atomic E-state index is 0.0465. The monoisotopic (exact) mass is 541 g/mol. The Balaban J connectivity index is 1.19. The lowest BCUT2D eigenvalue weighted by atomic mass is 9.84. The van der Waals surface area contributed by atoms with Crippen molar-refractivity contribution in [2.75, 3.05) is 44.2 Å². The molecule has 0 aliphatic carbocycles. The highest BCUT2D eigenvalue weighted by Gasteiger charge is 2.34. The molecule has 214 valence electrons. The van der Waals surface area contributed by atoms with E-state index >= 15 is 0 Å². The average molecular weight is 542 g/mol. The molecule has 0 spiro atoms. The van der Waals surface area contributed by atoms with Gasteiger partial charge in [-0.3, -0.25) is 0 Å². The number of anilines is 1. The molecule has 0 bridgehead atoms. The second-order valence-corrected chi connectivity index (χ2v) is 11.6. The van der Waals surface area contributed by atoms with Crippen LogP contribution in [-0.4, -0.2) is 88.8 Å². The molecule has 3 unspecified atom stereocenters. The van der Waals surface area contributed by atoms with Crippen LogP contribution < -0.4 is 21.1 Å². The van der Waals surface area contributed by atoms with Crippen LogP contribution >= 0.6 is 0 Å². The largest absolute Gasteiger partial charge is 0.477 e. The highest BCUT2D eigenvalue weighted by molar-refractivity contribution is 5.93. The number of hydrogen-bond acceptors (Lipinski definition) is 7. The first-order valence-electron chi connectivity index (χ1n) is 14.4. The summed E-state index contributed by atoms with van der Waals surface area (Å²) in [6.07, 6.45) is 10.9. The summed E-state index contributed by atoms with van der Waals surface area (Å²) in [5, 5.41) is 0. The van der Waals surface area contributed by atoms with Gasteiger partial charge in [-0.25, -0.2) is 19.6 Å². The van der Waals surface area contributed by atoms with Crippen LogP contribution in [0.1, 0.15) is 59.3 Å². The van der Waals surface area contributed by atoms with Crippen molar-refractivity contribution in [2.45, 2.75) is 65.3 Å². The fraction of sp³-hybridized carbons (Fsp3) is 0.714. The Bertz CT molecular complexity index is 1050. The predicted molar refractivity (Wildman–Crippen MR) is 151 cm³/mol. The van der Waals surface area contributed by atoms with E-state index in [-0.39, 0.29) is 29.8 Å². The molecule has 3 amide bonds. The van der Waals surface area contributed by atoms with Crippen molar-refractivity contribution in [3.8, 4) is 5.88 Å². The Kier molecular flexibility index (Phi) is 9.88. The van der Waals surface area contributed by atoms with Gasteiger partial charge < -0.3 is 26.0 Å². The number of carbonyl (C=O) groups excluding carboxylic acids is 2. The molecule has 11 nitrogen and oxygen atoms in total. The SMILES string of the molecule is CC(C)C(N)=NC(=O)N1CCC(C(C)CCOc2cnc(N3CC(N)C(C=[N+]4CCCCC4=O)C3)cn2)CC1. The smallest absolute Gasteiger partial charge is 0.386 e. The molecule has 1 aromatic heterocycles. The Morgan fingerprint density at radius 3 is 2.64 bits per heavy atom. The van der Waals surface area contributed by atoms with Crippen LogP contribution in [0, 0.1) is 23.7 Å². The van der Waals surface area contributed by atoms with E-state index in [9.17, 15) is 9.59 Å². The van der Waals surface area contributed by atoms with Crippen molar-refractivity contribution in [2.24, 2.45) is 40.1 Å². The zero-order chi connectivity index (χ0) is 27.9. The molecule has 0 aromatic carbocycles. The number of urea groups is 1. The third kappa shape index (κ3) is 7.74. The molecule has 1 aromatic rings. The summed E-state index contributed by atoms with van der Waals surface area (Å²) in [6.45, 7) is 10.3. The third-order valence-corrected chi connectivity index (χ3v) is 8.34. The molecule has 3 saturated heterocycles. The average Bonchev–Trinajstić information content (AvgIpc) is 3.30. The molecule has 0 radical (unpaired) electrons. The molecule has 39 heavy (non-hydrogen) atoms. The number of piperidine rings is 2. The first-order chi connectivity index (χ1) is 18.7. The summed E-state index contributed by atoms with van der Waals surface area (Å²) in [5.41, 5.74) is 12.2. The van der Waals surface area contributed by atoms with Crippen LogP contribution in [0.5, 0.6) is 5.88 Å². The summed E-state index contributed by atoms with van der Waals surface area (Å²) in [5.74, 6) is 3.07. The minimum atomic E-state index is -0.223. The number of hydrogen-bond donors (Lipinski definition) is 2. The maximum atomic E-state index is 12.4. The molecular weight excluding hydrogens is 496 g/mol. The van der Waals surface area contributed by atoms with Crippen molar-refractivity contribution in [1.82, 2.24) is 14.9 Å². The van der Waals surface area contributed by atoms with Crippen LogP contribution in [0.15, 0.2) is 17.4 Å². The van der Waals surface area contributed by atoms with E-state index < -0.39 is 0 Å². The van der Waals surface area contributed by atoms with Gasteiger partial charge in [0.25, 0.3) is 0 Å². The molecule has 3 aliphatic rings. The Morgan fingerprint density at radius 2 is 1.97 bits per heavy atom.